The first kappa shape index (κ1) is 9.01. The van der Waals surface area contributed by atoms with Gasteiger partial charge < -0.3 is 0 Å². The second-order valence-corrected chi connectivity index (χ2v) is 2.75. The molecule has 0 amide bonds. The van der Waals surface area contributed by atoms with E-state index in [1.165, 1.54) is 6.08 Å². The summed E-state index contributed by atoms with van der Waals surface area (Å²) < 4.78 is 0. The zero-order valence-corrected chi connectivity index (χ0v) is 7.51. The topological polar surface area (TPSA) is 17.1 Å². The molecule has 0 aliphatic rings. The standard InChI is InChI=1S/C10H9ClO/c1-2-5-10(12)8-6-3-4-7-9(8)11/h2-7H,1H3/b5-2-. The van der Waals surface area contributed by atoms with Crippen molar-refractivity contribution in [1.29, 1.82) is 0 Å². The van der Waals surface area contributed by atoms with Crippen LogP contribution in [0.3, 0.4) is 0 Å². The van der Waals surface area contributed by atoms with Crippen molar-refractivity contribution < 1.29 is 4.79 Å². The van der Waals surface area contributed by atoms with Crippen LogP contribution in [0, 0.1) is 0 Å². The van der Waals surface area contributed by atoms with E-state index in [1.54, 1.807) is 37.3 Å². The lowest BCUT2D eigenvalue weighted by Crippen LogP contribution is -1.94. The fourth-order valence-electron chi connectivity index (χ4n) is 0.902. The number of carbonyl (C=O) groups excluding carboxylic acids is 1. The van der Waals surface area contributed by atoms with E-state index in [0.717, 1.165) is 0 Å². The van der Waals surface area contributed by atoms with Gasteiger partial charge in [-0.2, -0.15) is 0 Å². The van der Waals surface area contributed by atoms with Gasteiger partial charge in [0.1, 0.15) is 0 Å². The van der Waals surface area contributed by atoms with Crippen molar-refractivity contribution in [2.45, 2.75) is 6.92 Å². The van der Waals surface area contributed by atoms with E-state index in [-0.39, 0.29) is 5.78 Å². The van der Waals surface area contributed by atoms with Crippen molar-refractivity contribution in [3.63, 3.8) is 0 Å². The minimum Gasteiger partial charge on any atom is -0.289 e. The molecule has 0 heterocycles. The van der Waals surface area contributed by atoms with Crippen molar-refractivity contribution in [2.24, 2.45) is 0 Å². The molecule has 0 aliphatic heterocycles. The van der Waals surface area contributed by atoms with Crippen LogP contribution >= 0.6 is 11.6 Å². The summed E-state index contributed by atoms with van der Waals surface area (Å²) in [6.45, 7) is 1.80. The molecule has 0 saturated heterocycles. The van der Waals surface area contributed by atoms with E-state index < -0.39 is 0 Å². The van der Waals surface area contributed by atoms with E-state index >= 15 is 0 Å². The number of allylic oxidation sites excluding steroid dienone is 2. The molecule has 1 rings (SSSR count). The highest BCUT2D eigenvalue weighted by atomic mass is 35.5. The Bertz CT molecular complexity index is 315. The maximum atomic E-state index is 11.3. The number of ketones is 1. The first-order chi connectivity index (χ1) is 5.75. The summed E-state index contributed by atoms with van der Waals surface area (Å²) in [5, 5.41) is 0.501. The quantitative estimate of drug-likeness (QED) is 0.505. The summed E-state index contributed by atoms with van der Waals surface area (Å²) >= 11 is 5.80. The van der Waals surface area contributed by atoms with Gasteiger partial charge in [0.2, 0.25) is 0 Å². The minimum absolute atomic E-state index is 0.0527. The van der Waals surface area contributed by atoms with Crippen LogP contribution in [0.5, 0.6) is 0 Å². The molecule has 0 saturated carbocycles. The highest BCUT2D eigenvalue weighted by Gasteiger charge is 2.04. The number of halogens is 1. The largest absolute Gasteiger partial charge is 0.289 e. The second-order valence-electron chi connectivity index (χ2n) is 2.34. The highest BCUT2D eigenvalue weighted by molar-refractivity contribution is 6.34. The normalized spacial score (nSPS) is 10.5. The molecular formula is C10H9ClO. The number of benzene rings is 1. The third-order valence-electron chi connectivity index (χ3n) is 1.46. The molecule has 1 aromatic carbocycles. The Hall–Kier alpha value is -1.08. The smallest absolute Gasteiger partial charge is 0.187 e. The molecule has 0 unspecified atom stereocenters. The summed E-state index contributed by atoms with van der Waals surface area (Å²) in [6.07, 6.45) is 3.20. The lowest BCUT2D eigenvalue weighted by Gasteiger charge is -1.97. The number of hydrogen-bond donors (Lipinski definition) is 0. The van der Waals surface area contributed by atoms with Crippen molar-refractivity contribution in [3.05, 3.63) is 47.0 Å². The van der Waals surface area contributed by atoms with Gasteiger partial charge in [0.25, 0.3) is 0 Å². The molecule has 1 aromatic rings. The van der Waals surface area contributed by atoms with E-state index in [9.17, 15) is 4.79 Å². The Kier molecular flexibility index (Phi) is 3.06. The molecule has 0 radical (unpaired) electrons. The molecule has 62 valence electrons. The van der Waals surface area contributed by atoms with Crippen molar-refractivity contribution >= 4 is 17.4 Å². The Morgan fingerprint density at radius 2 is 2.08 bits per heavy atom. The summed E-state index contributed by atoms with van der Waals surface area (Å²) in [4.78, 5) is 11.3. The van der Waals surface area contributed by atoms with Gasteiger partial charge in [-0.25, -0.2) is 0 Å². The molecular weight excluding hydrogens is 172 g/mol. The van der Waals surface area contributed by atoms with E-state index in [1.807, 2.05) is 0 Å². The van der Waals surface area contributed by atoms with Crippen LogP contribution in [-0.4, -0.2) is 5.78 Å². The highest BCUT2D eigenvalue weighted by Crippen LogP contribution is 2.15. The predicted molar refractivity (Wildman–Crippen MR) is 50.6 cm³/mol. The van der Waals surface area contributed by atoms with Crippen LogP contribution in [0.1, 0.15) is 17.3 Å². The van der Waals surface area contributed by atoms with E-state index in [2.05, 4.69) is 0 Å². The van der Waals surface area contributed by atoms with Gasteiger partial charge in [-0.1, -0.05) is 29.8 Å². The fraction of sp³-hybridized carbons (Fsp3) is 0.100. The summed E-state index contributed by atoms with van der Waals surface area (Å²) in [5.41, 5.74) is 0.553. The Balaban J connectivity index is 3.03. The molecule has 0 fully saturated rings. The molecule has 0 aliphatic carbocycles. The Morgan fingerprint density at radius 1 is 1.42 bits per heavy atom. The van der Waals surface area contributed by atoms with Gasteiger partial charge in [-0.3, -0.25) is 4.79 Å². The van der Waals surface area contributed by atoms with Gasteiger partial charge in [-0.15, -0.1) is 0 Å². The van der Waals surface area contributed by atoms with Crippen molar-refractivity contribution in [2.75, 3.05) is 0 Å². The van der Waals surface area contributed by atoms with Crippen LogP contribution < -0.4 is 0 Å². The summed E-state index contributed by atoms with van der Waals surface area (Å²) in [7, 11) is 0. The van der Waals surface area contributed by atoms with Crippen LogP contribution in [0.4, 0.5) is 0 Å². The maximum absolute atomic E-state index is 11.3. The molecule has 0 N–H and O–H groups in total. The Morgan fingerprint density at radius 3 is 2.67 bits per heavy atom. The third-order valence-corrected chi connectivity index (χ3v) is 1.79. The van der Waals surface area contributed by atoms with E-state index in [4.69, 9.17) is 11.6 Å². The zero-order chi connectivity index (χ0) is 8.97. The van der Waals surface area contributed by atoms with Gasteiger partial charge >= 0.3 is 0 Å². The van der Waals surface area contributed by atoms with Gasteiger partial charge in [-0.05, 0) is 25.1 Å². The fourth-order valence-corrected chi connectivity index (χ4v) is 1.13. The lowest BCUT2D eigenvalue weighted by molar-refractivity contribution is 0.104. The molecule has 1 nitrogen and oxygen atoms in total. The summed E-state index contributed by atoms with van der Waals surface area (Å²) in [6, 6.07) is 7.01. The average molecular weight is 181 g/mol. The molecule has 0 bridgehead atoms. The average Bonchev–Trinajstić information content (AvgIpc) is 2.05. The first-order valence-electron chi connectivity index (χ1n) is 3.67. The van der Waals surface area contributed by atoms with Crippen LogP contribution in [0.15, 0.2) is 36.4 Å². The summed E-state index contributed by atoms with van der Waals surface area (Å²) in [5.74, 6) is -0.0527. The van der Waals surface area contributed by atoms with Crippen molar-refractivity contribution in [1.82, 2.24) is 0 Å². The van der Waals surface area contributed by atoms with E-state index in [0.29, 0.717) is 10.6 Å². The maximum Gasteiger partial charge on any atom is 0.187 e. The zero-order valence-electron chi connectivity index (χ0n) is 6.75. The number of carbonyl (C=O) groups is 1. The molecule has 12 heavy (non-hydrogen) atoms. The Labute approximate surface area is 76.7 Å². The van der Waals surface area contributed by atoms with Crippen LogP contribution in [0.2, 0.25) is 5.02 Å². The number of rotatable bonds is 2. The second kappa shape index (κ2) is 4.07. The minimum atomic E-state index is -0.0527. The number of hydrogen-bond acceptors (Lipinski definition) is 1. The van der Waals surface area contributed by atoms with Crippen molar-refractivity contribution in [3.8, 4) is 0 Å². The van der Waals surface area contributed by atoms with Gasteiger partial charge in [0.05, 0.1) is 5.02 Å². The molecule has 2 heteroatoms. The van der Waals surface area contributed by atoms with Crippen LogP contribution in [-0.2, 0) is 0 Å². The molecule has 0 atom stereocenters. The first-order valence-corrected chi connectivity index (χ1v) is 4.05. The SMILES string of the molecule is C/C=C\C(=O)c1ccccc1Cl. The third kappa shape index (κ3) is 1.95. The monoisotopic (exact) mass is 180 g/mol. The van der Waals surface area contributed by atoms with Gasteiger partial charge in [0.15, 0.2) is 5.78 Å². The lowest BCUT2D eigenvalue weighted by atomic mass is 10.1. The molecule has 0 aromatic heterocycles. The predicted octanol–water partition coefficient (Wildman–Crippen LogP) is 3.10. The van der Waals surface area contributed by atoms with Gasteiger partial charge in [0, 0.05) is 5.56 Å². The van der Waals surface area contributed by atoms with Crippen LogP contribution in [0.25, 0.3) is 0 Å². The molecule has 0 spiro atoms.